The highest BCUT2D eigenvalue weighted by atomic mass is 79.9. The van der Waals surface area contributed by atoms with Gasteiger partial charge < -0.3 is 4.74 Å². The standard InChI is InChI=1S/C12H8BrClN2O3/c13-9-4-2-1-3-8(9)7-19-12-10(16(17)18)5-6-11(14)15-12/h1-6H,7H2. The van der Waals surface area contributed by atoms with Gasteiger partial charge in [-0.2, -0.15) is 4.98 Å². The van der Waals surface area contributed by atoms with Crippen LogP contribution < -0.4 is 4.74 Å². The lowest BCUT2D eigenvalue weighted by Gasteiger charge is -2.07. The van der Waals surface area contributed by atoms with Gasteiger partial charge in [-0.25, -0.2) is 0 Å². The molecule has 1 heterocycles. The quantitative estimate of drug-likeness (QED) is 0.478. The van der Waals surface area contributed by atoms with Gasteiger partial charge in [0.15, 0.2) is 0 Å². The molecule has 2 rings (SSSR count). The number of halogens is 2. The molecule has 98 valence electrons. The van der Waals surface area contributed by atoms with Crippen molar-refractivity contribution in [2.45, 2.75) is 6.61 Å². The van der Waals surface area contributed by atoms with E-state index in [-0.39, 0.29) is 23.3 Å². The molecule has 0 unspecified atom stereocenters. The monoisotopic (exact) mass is 342 g/mol. The second-order valence-electron chi connectivity index (χ2n) is 3.60. The van der Waals surface area contributed by atoms with Crippen molar-refractivity contribution in [3.8, 4) is 5.88 Å². The average molecular weight is 344 g/mol. The minimum absolute atomic E-state index is 0.0896. The van der Waals surface area contributed by atoms with Crippen LogP contribution in [0.2, 0.25) is 5.15 Å². The van der Waals surface area contributed by atoms with E-state index >= 15 is 0 Å². The van der Waals surface area contributed by atoms with Crippen molar-refractivity contribution in [3.05, 3.63) is 61.7 Å². The molecule has 0 aliphatic rings. The summed E-state index contributed by atoms with van der Waals surface area (Å²) in [6.45, 7) is 0.162. The first-order chi connectivity index (χ1) is 9.08. The van der Waals surface area contributed by atoms with Gasteiger partial charge in [-0.05, 0) is 12.1 Å². The number of aromatic nitrogens is 1. The van der Waals surface area contributed by atoms with E-state index in [1.165, 1.54) is 12.1 Å². The topological polar surface area (TPSA) is 65.3 Å². The van der Waals surface area contributed by atoms with Gasteiger partial charge >= 0.3 is 5.69 Å². The molecule has 0 spiro atoms. The third kappa shape index (κ3) is 3.42. The summed E-state index contributed by atoms with van der Waals surface area (Å²) in [5, 5.41) is 11.0. The molecule has 0 fully saturated rings. The maximum absolute atomic E-state index is 10.8. The SMILES string of the molecule is O=[N+]([O-])c1ccc(Cl)nc1OCc1ccccc1Br. The van der Waals surface area contributed by atoms with Gasteiger partial charge in [0, 0.05) is 16.1 Å². The number of hydrogen-bond acceptors (Lipinski definition) is 4. The predicted octanol–water partition coefficient (Wildman–Crippen LogP) is 3.98. The largest absolute Gasteiger partial charge is 0.468 e. The van der Waals surface area contributed by atoms with Crippen molar-refractivity contribution in [2.75, 3.05) is 0 Å². The van der Waals surface area contributed by atoms with Crippen LogP contribution in [0, 0.1) is 10.1 Å². The van der Waals surface area contributed by atoms with E-state index in [0.29, 0.717) is 0 Å². The second-order valence-corrected chi connectivity index (χ2v) is 4.84. The lowest BCUT2D eigenvalue weighted by molar-refractivity contribution is -0.386. The van der Waals surface area contributed by atoms with Crippen LogP contribution in [0.4, 0.5) is 5.69 Å². The molecule has 0 aliphatic carbocycles. The molecule has 0 bridgehead atoms. The number of nitro groups is 1. The molecule has 1 aromatic carbocycles. The molecule has 7 heteroatoms. The zero-order chi connectivity index (χ0) is 13.8. The van der Waals surface area contributed by atoms with Crippen LogP contribution in [0.3, 0.4) is 0 Å². The van der Waals surface area contributed by atoms with Crippen LogP contribution in [-0.2, 0) is 6.61 Å². The Kier molecular flexibility index (Phi) is 4.34. The van der Waals surface area contributed by atoms with Gasteiger partial charge in [0.05, 0.1) is 4.92 Å². The third-order valence-corrected chi connectivity index (χ3v) is 3.31. The average Bonchev–Trinajstić information content (AvgIpc) is 2.37. The van der Waals surface area contributed by atoms with Crippen molar-refractivity contribution in [3.63, 3.8) is 0 Å². The first-order valence-electron chi connectivity index (χ1n) is 5.25. The summed E-state index contributed by atoms with van der Waals surface area (Å²) in [6.07, 6.45) is 0. The highest BCUT2D eigenvalue weighted by Gasteiger charge is 2.17. The van der Waals surface area contributed by atoms with Crippen LogP contribution >= 0.6 is 27.5 Å². The van der Waals surface area contributed by atoms with E-state index in [0.717, 1.165) is 10.0 Å². The molecule has 1 aromatic heterocycles. The van der Waals surface area contributed by atoms with E-state index in [1.54, 1.807) is 0 Å². The lowest BCUT2D eigenvalue weighted by atomic mass is 10.2. The van der Waals surface area contributed by atoms with Gasteiger partial charge in [0.1, 0.15) is 11.8 Å². The van der Waals surface area contributed by atoms with Gasteiger partial charge in [-0.3, -0.25) is 10.1 Å². The zero-order valence-electron chi connectivity index (χ0n) is 9.55. The molecule has 5 nitrogen and oxygen atoms in total. The molecule has 0 saturated carbocycles. The first kappa shape index (κ1) is 13.8. The Labute approximate surface area is 122 Å². The number of pyridine rings is 1. The number of rotatable bonds is 4. The van der Waals surface area contributed by atoms with Crippen LogP contribution in [-0.4, -0.2) is 9.91 Å². The van der Waals surface area contributed by atoms with E-state index in [2.05, 4.69) is 20.9 Å². The Morgan fingerprint density at radius 3 is 2.74 bits per heavy atom. The molecular formula is C12H8BrClN2O3. The number of hydrogen-bond donors (Lipinski definition) is 0. The van der Waals surface area contributed by atoms with Crippen LogP contribution in [0.25, 0.3) is 0 Å². The van der Waals surface area contributed by atoms with E-state index in [9.17, 15) is 10.1 Å². The molecule has 0 aliphatic heterocycles. The Balaban J connectivity index is 2.22. The first-order valence-corrected chi connectivity index (χ1v) is 6.42. The van der Waals surface area contributed by atoms with E-state index in [1.807, 2.05) is 24.3 Å². The van der Waals surface area contributed by atoms with Gasteiger partial charge in [0.25, 0.3) is 5.88 Å². The fourth-order valence-corrected chi connectivity index (χ4v) is 1.96. The fraction of sp³-hybridized carbons (Fsp3) is 0.0833. The van der Waals surface area contributed by atoms with Gasteiger partial charge in [-0.15, -0.1) is 0 Å². The lowest BCUT2D eigenvalue weighted by Crippen LogP contribution is -2.01. The molecule has 0 N–H and O–H groups in total. The van der Waals surface area contributed by atoms with E-state index in [4.69, 9.17) is 16.3 Å². The van der Waals surface area contributed by atoms with Crippen molar-refractivity contribution in [2.24, 2.45) is 0 Å². The fourth-order valence-electron chi connectivity index (χ4n) is 1.42. The summed E-state index contributed by atoms with van der Waals surface area (Å²) in [4.78, 5) is 14.1. The Morgan fingerprint density at radius 1 is 1.32 bits per heavy atom. The predicted molar refractivity (Wildman–Crippen MR) is 74.4 cm³/mol. The second kappa shape index (κ2) is 5.99. The summed E-state index contributed by atoms with van der Waals surface area (Å²) >= 11 is 9.08. The minimum atomic E-state index is -0.557. The van der Waals surface area contributed by atoms with Crippen molar-refractivity contribution >= 4 is 33.2 Å². The van der Waals surface area contributed by atoms with Crippen molar-refractivity contribution in [1.29, 1.82) is 0 Å². The van der Waals surface area contributed by atoms with Crippen LogP contribution in [0.1, 0.15) is 5.56 Å². The number of nitrogens with zero attached hydrogens (tertiary/aromatic N) is 2. The summed E-state index contributed by atoms with van der Waals surface area (Å²) in [5.74, 6) is -0.0896. The minimum Gasteiger partial charge on any atom is -0.468 e. The summed E-state index contributed by atoms with van der Waals surface area (Å²) in [5.41, 5.74) is 0.648. The smallest absolute Gasteiger partial charge is 0.331 e. The van der Waals surface area contributed by atoms with Crippen LogP contribution in [0.15, 0.2) is 40.9 Å². The summed E-state index contributed by atoms with van der Waals surface area (Å²) in [6, 6.07) is 10.0. The third-order valence-electron chi connectivity index (χ3n) is 2.33. The maximum atomic E-state index is 10.8. The number of ether oxygens (including phenoxy) is 1. The number of benzene rings is 1. The van der Waals surface area contributed by atoms with Crippen LogP contribution in [0.5, 0.6) is 5.88 Å². The maximum Gasteiger partial charge on any atom is 0.331 e. The normalized spacial score (nSPS) is 10.2. The van der Waals surface area contributed by atoms with Gasteiger partial charge in [0.2, 0.25) is 0 Å². The highest BCUT2D eigenvalue weighted by molar-refractivity contribution is 9.10. The Morgan fingerprint density at radius 2 is 2.05 bits per heavy atom. The Bertz CT molecular complexity index is 622. The summed E-state index contributed by atoms with van der Waals surface area (Å²) < 4.78 is 6.24. The summed E-state index contributed by atoms with van der Waals surface area (Å²) in [7, 11) is 0. The molecule has 2 aromatic rings. The molecule has 19 heavy (non-hydrogen) atoms. The van der Waals surface area contributed by atoms with E-state index < -0.39 is 4.92 Å². The molecule has 0 atom stereocenters. The molecular weight excluding hydrogens is 336 g/mol. The Hall–Kier alpha value is -1.66. The molecule has 0 amide bonds. The molecule has 0 radical (unpaired) electrons. The molecule has 0 saturated heterocycles. The van der Waals surface area contributed by atoms with Crippen molar-refractivity contribution < 1.29 is 9.66 Å². The highest BCUT2D eigenvalue weighted by Crippen LogP contribution is 2.27. The van der Waals surface area contributed by atoms with Crippen molar-refractivity contribution in [1.82, 2.24) is 4.98 Å². The zero-order valence-corrected chi connectivity index (χ0v) is 11.9. The van der Waals surface area contributed by atoms with Gasteiger partial charge in [-0.1, -0.05) is 45.7 Å².